The van der Waals surface area contributed by atoms with Crippen LogP contribution in [0.1, 0.15) is 432 Å². The van der Waals surface area contributed by atoms with Crippen molar-refractivity contribution in [2.45, 2.75) is 450 Å². The summed E-state index contributed by atoms with van der Waals surface area (Å²) >= 11 is 0. The predicted octanol–water partition coefficient (Wildman–Crippen LogP) is 32.3. The molecule has 0 spiro atoms. The monoisotopic (exact) mass is 1810 g/mol. The maximum atomic E-state index is 13.1. The molecule has 0 aromatic rings. The summed E-state index contributed by atoms with van der Waals surface area (Å²) in [6.07, 6.45) is 132. The molecule has 0 heterocycles. The number of allylic oxidation sites excluding steroid dienone is 30. The van der Waals surface area contributed by atoms with Gasteiger partial charge in [0, 0.05) is 19.3 Å². The van der Waals surface area contributed by atoms with Crippen molar-refractivity contribution in [2.24, 2.45) is 0 Å². The number of unbranched alkanes of at least 4 members (excludes halogenated alkanes) is 43. The van der Waals surface area contributed by atoms with E-state index in [9.17, 15) is 43.5 Å². The second-order valence-corrected chi connectivity index (χ2v) is 36.8. The van der Waals surface area contributed by atoms with E-state index in [4.69, 9.17) is 32.3 Å². The van der Waals surface area contributed by atoms with E-state index >= 15 is 0 Å². The van der Waals surface area contributed by atoms with Gasteiger partial charge in [0.25, 0.3) is 0 Å². The van der Waals surface area contributed by atoms with Gasteiger partial charge in [0.15, 0.2) is 6.10 Å². The molecule has 0 aromatic heterocycles. The average molecular weight is 1810 g/mol. The molecular weight excluding hydrogens is 1630 g/mol. The standard InChI is InChI=1S/C109H186O16P2/c1-4-7-10-13-16-19-22-25-28-31-34-37-40-42-44-46-48-50-51-53-55-56-58-60-63-65-68-71-74-77-80-83-86-89-92-95-107(112)119-98-104(110)99-121-126(115,116)122-100-105(111)101-123-127(117,118)124-103-106(125-109(114)97-94-91-88-85-82-79-76-73-70-67-62-39-36-33-30-27-24-21-18-15-12-9-6-3)102-120-108(113)96-93-90-87-84-81-78-75-72-69-66-64-61-59-57-54-52-49-47-45-43-41-38-35-32-29-26-23-20-17-14-11-8-5-2/h7-8,10-11,16-21,25-30,34-39,42-45,49,52,67,70,104-106,110-111H,4-6,9,12-15,22-24,31-33,40-41,46-48,50-51,53-66,68-69,71-103H2,1-3H3,(H,115,116)(H,117,118)/b10-7-,11-8-,19-16-,20-17-,21-18-,28-25-,29-26-,30-27-,37-34-,38-35-,39-36-,44-42-,45-43-,52-49-,70-67-. The molecule has 5 atom stereocenters. The molecule has 16 nitrogen and oxygen atoms in total. The number of phosphoric acid groups is 2. The number of carbonyl (C=O) groups is 3. The van der Waals surface area contributed by atoms with E-state index in [0.717, 1.165) is 186 Å². The Bertz CT molecular complexity index is 3040. The van der Waals surface area contributed by atoms with Gasteiger partial charge in [-0.1, -0.05) is 434 Å². The van der Waals surface area contributed by atoms with Crippen LogP contribution in [0.4, 0.5) is 0 Å². The van der Waals surface area contributed by atoms with Gasteiger partial charge >= 0.3 is 33.6 Å². The van der Waals surface area contributed by atoms with Crippen LogP contribution in [0, 0.1) is 0 Å². The van der Waals surface area contributed by atoms with Crippen molar-refractivity contribution < 1.29 is 75.8 Å². The Kier molecular flexibility index (Phi) is 95.5. The Morgan fingerprint density at radius 1 is 0.228 bits per heavy atom. The van der Waals surface area contributed by atoms with Crippen molar-refractivity contribution in [1.29, 1.82) is 0 Å². The van der Waals surface area contributed by atoms with Crippen molar-refractivity contribution in [3.8, 4) is 0 Å². The molecule has 18 heteroatoms. The second kappa shape index (κ2) is 99.7. The van der Waals surface area contributed by atoms with Crippen molar-refractivity contribution in [3.05, 3.63) is 182 Å². The fraction of sp³-hybridized carbons (Fsp3) is 0.697. The van der Waals surface area contributed by atoms with Crippen LogP contribution in [-0.4, -0.2) is 95.9 Å². The summed E-state index contributed by atoms with van der Waals surface area (Å²) < 4.78 is 61.7. The summed E-state index contributed by atoms with van der Waals surface area (Å²) in [6.45, 7) is 2.48. The smallest absolute Gasteiger partial charge is 0.463 e. The molecule has 5 unspecified atom stereocenters. The fourth-order valence-corrected chi connectivity index (χ4v) is 15.5. The zero-order valence-electron chi connectivity index (χ0n) is 80.6. The summed E-state index contributed by atoms with van der Waals surface area (Å²) in [5.74, 6) is -1.57. The van der Waals surface area contributed by atoms with Crippen LogP contribution in [0.25, 0.3) is 0 Å². The van der Waals surface area contributed by atoms with Crippen LogP contribution < -0.4 is 0 Å². The first-order valence-electron chi connectivity index (χ1n) is 51.1. The lowest BCUT2D eigenvalue weighted by atomic mass is 10.0. The minimum absolute atomic E-state index is 0.0890. The minimum Gasteiger partial charge on any atom is -0.463 e. The van der Waals surface area contributed by atoms with E-state index in [1.165, 1.54) is 186 Å². The number of ether oxygens (including phenoxy) is 3. The molecule has 0 saturated heterocycles. The topological polar surface area (TPSA) is 231 Å². The zero-order valence-corrected chi connectivity index (χ0v) is 82.4. The fourth-order valence-electron chi connectivity index (χ4n) is 13.9. The average Bonchev–Trinajstić information content (AvgIpc) is 0.900. The molecule has 127 heavy (non-hydrogen) atoms. The van der Waals surface area contributed by atoms with E-state index in [-0.39, 0.29) is 19.3 Å². The number of rotatable bonds is 96. The molecule has 0 aliphatic rings. The number of esters is 3. The first-order chi connectivity index (χ1) is 62.2. The predicted molar refractivity (Wildman–Crippen MR) is 537 cm³/mol. The van der Waals surface area contributed by atoms with Crippen LogP contribution in [0.15, 0.2) is 182 Å². The van der Waals surface area contributed by atoms with Crippen molar-refractivity contribution in [1.82, 2.24) is 0 Å². The Hall–Kier alpha value is -5.35. The zero-order chi connectivity index (χ0) is 92.1. The van der Waals surface area contributed by atoms with Gasteiger partial charge in [0.05, 0.1) is 26.4 Å². The maximum Gasteiger partial charge on any atom is 0.472 e. The summed E-state index contributed by atoms with van der Waals surface area (Å²) in [4.78, 5) is 59.2. The molecule has 0 saturated carbocycles. The van der Waals surface area contributed by atoms with E-state index in [0.29, 0.717) is 19.3 Å². The van der Waals surface area contributed by atoms with Crippen LogP contribution in [0.5, 0.6) is 0 Å². The van der Waals surface area contributed by atoms with Gasteiger partial charge in [-0.15, -0.1) is 0 Å². The molecule has 0 aliphatic carbocycles. The van der Waals surface area contributed by atoms with Crippen LogP contribution in [0.2, 0.25) is 0 Å². The number of phosphoric ester groups is 2. The number of aliphatic hydroxyl groups excluding tert-OH is 2. The Balaban J connectivity index is 4.56. The lowest BCUT2D eigenvalue weighted by molar-refractivity contribution is -0.161. The van der Waals surface area contributed by atoms with Gasteiger partial charge < -0.3 is 34.2 Å². The summed E-state index contributed by atoms with van der Waals surface area (Å²) in [6, 6.07) is 0. The van der Waals surface area contributed by atoms with E-state index in [2.05, 4.69) is 203 Å². The van der Waals surface area contributed by atoms with E-state index in [1.807, 2.05) is 0 Å². The van der Waals surface area contributed by atoms with Gasteiger partial charge in [-0.25, -0.2) is 9.13 Å². The molecule has 0 amide bonds. The van der Waals surface area contributed by atoms with Crippen LogP contribution in [-0.2, 0) is 55.8 Å². The van der Waals surface area contributed by atoms with Crippen LogP contribution >= 0.6 is 15.6 Å². The molecule has 0 fully saturated rings. The first-order valence-corrected chi connectivity index (χ1v) is 54.1. The van der Waals surface area contributed by atoms with Crippen molar-refractivity contribution in [3.63, 3.8) is 0 Å². The lowest BCUT2D eigenvalue weighted by Crippen LogP contribution is -2.30. The SMILES string of the molecule is CC/C=C\C/C=C\C/C=C\C/C=C\C/C=C\C/C=C\CCCCCCCCCCCCCCCCC(=O)OCC(COP(=O)(O)OCC(O)COP(=O)(O)OCC(O)COC(=O)CCCCCCCCCCCCCCCCCCCCC/C=C\C/C=C\C/C=C\C/C=C\C/C=C\CC)OC(=O)CCCCCCCCC/C=C\C/C=C\C/C=C\C/C=C\CCCCC. The van der Waals surface area contributed by atoms with E-state index < -0.39 is 91.5 Å². The number of aliphatic hydroxyl groups is 2. The molecule has 0 rings (SSSR count). The second-order valence-electron chi connectivity index (χ2n) is 33.9. The largest absolute Gasteiger partial charge is 0.472 e. The van der Waals surface area contributed by atoms with Crippen molar-refractivity contribution in [2.75, 3.05) is 39.6 Å². The lowest BCUT2D eigenvalue weighted by Gasteiger charge is -2.21. The minimum atomic E-state index is -4.95. The quantitative estimate of drug-likeness (QED) is 0.0146. The number of carbonyl (C=O) groups excluding carboxylic acids is 3. The molecule has 0 aromatic carbocycles. The molecule has 0 aliphatic heterocycles. The number of hydrogen-bond acceptors (Lipinski definition) is 14. The van der Waals surface area contributed by atoms with Gasteiger partial charge in [-0.3, -0.25) is 32.5 Å². The van der Waals surface area contributed by atoms with Gasteiger partial charge in [0.2, 0.25) is 0 Å². The third-order valence-corrected chi connectivity index (χ3v) is 23.5. The van der Waals surface area contributed by atoms with E-state index in [1.54, 1.807) is 0 Å². The highest BCUT2D eigenvalue weighted by Crippen LogP contribution is 2.45. The third kappa shape index (κ3) is 101. The molecule has 728 valence electrons. The van der Waals surface area contributed by atoms with Gasteiger partial charge in [0.1, 0.15) is 25.4 Å². The van der Waals surface area contributed by atoms with Gasteiger partial charge in [-0.05, 0) is 161 Å². The molecule has 0 bridgehead atoms. The maximum absolute atomic E-state index is 13.1. The normalized spacial score (nSPS) is 14.4. The van der Waals surface area contributed by atoms with Crippen LogP contribution in [0.3, 0.4) is 0 Å². The highest BCUT2D eigenvalue weighted by Gasteiger charge is 2.30. The third-order valence-electron chi connectivity index (χ3n) is 21.6. The Labute approximate surface area is 776 Å². The highest BCUT2D eigenvalue weighted by atomic mass is 31.2. The molecular formula is C109H186O16P2. The highest BCUT2D eigenvalue weighted by molar-refractivity contribution is 7.47. The summed E-state index contributed by atoms with van der Waals surface area (Å²) in [7, 11) is -9.82. The van der Waals surface area contributed by atoms with Crippen molar-refractivity contribution >= 4 is 33.6 Å². The molecule has 0 radical (unpaired) electrons. The summed E-state index contributed by atoms with van der Waals surface area (Å²) in [5.41, 5.74) is 0. The van der Waals surface area contributed by atoms with Gasteiger partial charge in [-0.2, -0.15) is 0 Å². The molecule has 4 N–H and O–H groups in total. The number of hydrogen-bond donors (Lipinski definition) is 4. The first kappa shape index (κ1) is 122. The Morgan fingerprint density at radius 2 is 0.417 bits per heavy atom. The summed E-state index contributed by atoms with van der Waals surface area (Å²) in [5, 5.41) is 20.8. The Morgan fingerprint density at radius 3 is 0.661 bits per heavy atom.